The van der Waals surface area contributed by atoms with Crippen LogP contribution in [0.15, 0.2) is 61.2 Å². The first-order valence-electron chi connectivity index (χ1n) is 8.33. The molecule has 3 aromatic heterocycles. The summed E-state index contributed by atoms with van der Waals surface area (Å²) in [6.07, 6.45) is 6.73. The molecular weight excluding hydrogens is 566 g/mol. The van der Waals surface area contributed by atoms with E-state index in [-0.39, 0.29) is 25.0 Å². The standard InChI is InChI=1S/C12H10N2O2.C6H7N.3CNS.Ru/c1-8-2-4-13-10(6-8)11-7-9(12(15)16)3-5-14-11;1-6-2-4-7-5-3-6;3*2-1-3;/h2-7H,1H3,(H,15,16);2-5H,1H3;;;;/q;;3*-1;+3. The Balaban J connectivity index is -0.000000441. The van der Waals surface area contributed by atoms with Crippen LogP contribution in [0.3, 0.4) is 0 Å². The summed E-state index contributed by atoms with van der Waals surface area (Å²) in [5.74, 6) is -0.962. The van der Waals surface area contributed by atoms with Crippen molar-refractivity contribution < 1.29 is 29.4 Å². The third-order valence-corrected chi connectivity index (χ3v) is 3.03. The van der Waals surface area contributed by atoms with E-state index in [9.17, 15) is 4.79 Å². The topological polar surface area (TPSA) is 143 Å². The molecule has 0 saturated heterocycles. The predicted octanol–water partition coefficient (Wildman–Crippen LogP) is 5.51. The smallest absolute Gasteiger partial charge is 0.753 e. The van der Waals surface area contributed by atoms with E-state index in [1.807, 2.05) is 38.1 Å². The summed E-state index contributed by atoms with van der Waals surface area (Å²) < 4.78 is 0. The van der Waals surface area contributed by atoms with Crippen LogP contribution in [-0.4, -0.2) is 41.5 Å². The van der Waals surface area contributed by atoms with Gasteiger partial charge in [0.2, 0.25) is 0 Å². The number of rotatable bonds is 2. The van der Waals surface area contributed by atoms with Gasteiger partial charge in [-0.25, -0.2) is 4.79 Å². The second-order valence-corrected chi connectivity index (χ2v) is 5.80. The second-order valence-electron chi connectivity index (χ2n) is 5.25. The molecule has 0 fully saturated rings. The van der Waals surface area contributed by atoms with E-state index < -0.39 is 5.97 Å². The van der Waals surface area contributed by atoms with Crippen molar-refractivity contribution in [3.8, 4) is 11.4 Å². The summed E-state index contributed by atoms with van der Waals surface area (Å²) >= 11 is 11.1. The fraction of sp³-hybridized carbons (Fsp3) is 0.0952. The van der Waals surface area contributed by atoms with Gasteiger partial charge in [-0.05, 0) is 61.4 Å². The largest absolute Gasteiger partial charge is 3.00 e. The number of carbonyl (C=O) groups is 1. The molecule has 0 aliphatic rings. The van der Waals surface area contributed by atoms with Crippen LogP contribution >= 0.6 is 36.7 Å². The van der Waals surface area contributed by atoms with Crippen LogP contribution in [0.25, 0.3) is 27.6 Å². The first-order valence-corrected chi connectivity index (χ1v) is 9.56. The molecule has 8 nitrogen and oxygen atoms in total. The maximum absolute atomic E-state index is 10.8. The first-order chi connectivity index (χ1) is 15.3. The summed E-state index contributed by atoms with van der Waals surface area (Å²) in [5, 5.41) is 34.3. The van der Waals surface area contributed by atoms with Crippen molar-refractivity contribution in [2.45, 2.75) is 13.8 Å². The molecule has 0 unspecified atom stereocenters. The second kappa shape index (κ2) is 23.6. The molecule has 3 heterocycles. The van der Waals surface area contributed by atoms with Crippen LogP contribution in [0.4, 0.5) is 0 Å². The van der Waals surface area contributed by atoms with Crippen molar-refractivity contribution in [3.63, 3.8) is 0 Å². The van der Waals surface area contributed by atoms with Crippen molar-refractivity contribution in [1.82, 2.24) is 15.0 Å². The Morgan fingerprint density at radius 2 is 1.18 bits per heavy atom. The molecule has 0 aliphatic carbocycles. The average Bonchev–Trinajstić information content (AvgIpc) is 2.77. The van der Waals surface area contributed by atoms with Crippen LogP contribution < -0.4 is 0 Å². The quantitative estimate of drug-likeness (QED) is 0.237. The Morgan fingerprint density at radius 1 is 0.788 bits per heavy atom. The van der Waals surface area contributed by atoms with E-state index in [2.05, 4.69) is 51.6 Å². The number of carboxylic acid groups (broad SMARTS) is 1. The van der Waals surface area contributed by atoms with Gasteiger partial charge < -0.3 is 21.3 Å². The molecule has 169 valence electrons. The zero-order valence-corrected chi connectivity index (χ0v) is 21.6. The Morgan fingerprint density at radius 3 is 1.55 bits per heavy atom. The molecule has 3 rings (SSSR count). The van der Waals surface area contributed by atoms with E-state index in [1.165, 1.54) is 39.4 Å². The summed E-state index contributed by atoms with van der Waals surface area (Å²) in [4.78, 5) is 22.9. The van der Waals surface area contributed by atoms with E-state index >= 15 is 0 Å². The molecule has 0 amide bonds. The maximum Gasteiger partial charge on any atom is 3.00 e. The van der Waals surface area contributed by atoms with E-state index in [4.69, 9.17) is 21.3 Å². The number of hydrogen-bond acceptors (Lipinski definition) is 7. The fourth-order valence-electron chi connectivity index (χ4n) is 1.81. The van der Waals surface area contributed by atoms with E-state index in [1.54, 1.807) is 18.6 Å². The zero-order chi connectivity index (χ0) is 24.8. The number of hydrogen-bond donors (Lipinski definition) is 1. The number of isothiocyanates is 3. The van der Waals surface area contributed by atoms with Crippen LogP contribution in [-0.2, 0) is 19.5 Å². The molecule has 0 aromatic carbocycles. The molecule has 0 spiro atoms. The fourth-order valence-corrected chi connectivity index (χ4v) is 1.81. The normalized spacial score (nSPS) is 7.45. The van der Waals surface area contributed by atoms with Gasteiger partial charge in [-0.1, -0.05) is 36.7 Å². The van der Waals surface area contributed by atoms with E-state index in [0.29, 0.717) is 11.4 Å². The number of pyridine rings is 3. The monoisotopic (exact) mass is 583 g/mol. The minimum absolute atomic E-state index is 0. The van der Waals surface area contributed by atoms with Crippen molar-refractivity contribution in [3.05, 3.63) is 94.1 Å². The molecule has 1 radical (unpaired) electrons. The first kappa shape index (κ1) is 34.6. The molecule has 0 atom stereocenters. The molecular formula is C21H17N6O2RuS3. The number of aromatic carboxylic acids is 1. The van der Waals surface area contributed by atoms with Gasteiger partial charge in [0.15, 0.2) is 0 Å². The van der Waals surface area contributed by atoms with Crippen LogP contribution in [0.1, 0.15) is 21.5 Å². The van der Waals surface area contributed by atoms with Crippen molar-refractivity contribution >= 4 is 58.1 Å². The van der Waals surface area contributed by atoms with Gasteiger partial charge in [-0.15, -0.1) is 0 Å². The Labute approximate surface area is 220 Å². The minimum atomic E-state index is -0.962. The van der Waals surface area contributed by atoms with Crippen molar-refractivity contribution in [1.29, 1.82) is 0 Å². The number of nitrogens with zero attached hydrogens (tertiary/aromatic N) is 6. The number of aryl methyl sites for hydroxylation is 2. The Kier molecular flexibility index (Phi) is 24.7. The summed E-state index contributed by atoms with van der Waals surface area (Å²) in [5.41, 5.74) is 3.79. The van der Waals surface area contributed by atoms with Crippen LogP contribution in [0.5, 0.6) is 0 Å². The maximum atomic E-state index is 10.8. The van der Waals surface area contributed by atoms with Gasteiger partial charge >= 0.3 is 25.4 Å². The van der Waals surface area contributed by atoms with Gasteiger partial charge in [-0.3, -0.25) is 15.0 Å². The van der Waals surface area contributed by atoms with E-state index in [0.717, 1.165) is 5.56 Å². The number of aromatic nitrogens is 3. The number of thiocarbonyl (C=S) groups is 3. The molecule has 0 bridgehead atoms. The summed E-state index contributed by atoms with van der Waals surface area (Å²) in [7, 11) is 0. The zero-order valence-electron chi connectivity index (χ0n) is 17.4. The average molecular weight is 583 g/mol. The molecule has 3 aromatic rings. The van der Waals surface area contributed by atoms with Gasteiger partial charge in [0.25, 0.3) is 0 Å². The van der Waals surface area contributed by atoms with Crippen LogP contribution in [0.2, 0.25) is 0 Å². The molecule has 0 aliphatic heterocycles. The van der Waals surface area contributed by atoms with Crippen LogP contribution in [0, 0.1) is 13.8 Å². The minimum Gasteiger partial charge on any atom is -0.753 e. The molecule has 12 heteroatoms. The Bertz CT molecular complexity index is 1040. The summed E-state index contributed by atoms with van der Waals surface area (Å²) in [6, 6.07) is 10.7. The molecule has 33 heavy (non-hydrogen) atoms. The van der Waals surface area contributed by atoms with Gasteiger partial charge in [0, 0.05) is 24.8 Å². The molecule has 1 N–H and O–H groups in total. The molecule has 0 saturated carbocycles. The van der Waals surface area contributed by atoms with Gasteiger partial charge in [-0.2, -0.15) is 15.5 Å². The van der Waals surface area contributed by atoms with Crippen molar-refractivity contribution in [2.75, 3.05) is 0 Å². The van der Waals surface area contributed by atoms with Gasteiger partial charge in [0.1, 0.15) is 0 Å². The van der Waals surface area contributed by atoms with Crippen molar-refractivity contribution in [2.24, 2.45) is 0 Å². The third-order valence-electron chi connectivity index (χ3n) is 3.03. The number of carboxylic acids is 1. The third kappa shape index (κ3) is 19.4. The predicted molar refractivity (Wildman–Crippen MR) is 136 cm³/mol. The summed E-state index contributed by atoms with van der Waals surface area (Å²) in [6.45, 7) is 3.99. The SMILES string of the molecule is Cc1ccnc(-c2cc(C(=O)O)ccn2)c1.Cc1ccncc1.[N-]=C=S.[N-]=C=S.[N-]=C=S.[Ru+3]. The van der Waals surface area contributed by atoms with Gasteiger partial charge in [0.05, 0.1) is 17.0 Å². The Hall–Kier alpha value is -3.06.